The molecule has 0 saturated carbocycles. The molecule has 8 nitrogen and oxygen atoms in total. The van der Waals surface area contributed by atoms with Crippen LogP contribution in [0.2, 0.25) is 5.02 Å². The molecule has 1 aliphatic heterocycles. The van der Waals surface area contributed by atoms with Gasteiger partial charge in [-0.25, -0.2) is 4.98 Å². The number of ether oxygens (including phenoxy) is 1. The van der Waals surface area contributed by atoms with Gasteiger partial charge in [-0.3, -0.25) is 9.52 Å². The Labute approximate surface area is 329 Å². The number of carbonyl (C=O) groups is 1. The quantitative estimate of drug-likeness (QED) is 0.0757. The van der Waals surface area contributed by atoms with Crippen LogP contribution in [0.25, 0.3) is 22.2 Å². The van der Waals surface area contributed by atoms with E-state index in [9.17, 15) is 28.2 Å². The molecule has 284 valence electrons. The number of anilines is 1. The Hall–Kier alpha value is -4.66. The zero-order chi connectivity index (χ0) is 38.7. The van der Waals surface area contributed by atoms with E-state index in [4.69, 9.17) is 16.3 Å². The van der Waals surface area contributed by atoms with Crippen molar-refractivity contribution >= 4 is 57.9 Å². The van der Waals surface area contributed by atoms with Crippen LogP contribution in [0.5, 0.6) is 11.5 Å². The number of benzene rings is 4. The molecule has 4 aromatic carbocycles. The number of aromatic nitrogens is 2. The first-order valence-corrected chi connectivity index (χ1v) is 19.5. The largest absolute Gasteiger partial charge is 0.455 e. The molecule has 1 saturated heterocycles. The molecule has 2 aromatic heterocycles. The molecule has 55 heavy (non-hydrogen) atoms. The number of hydrogen-bond acceptors (Lipinski definition) is 8. The molecule has 2 unspecified atom stereocenters. The summed E-state index contributed by atoms with van der Waals surface area (Å²) in [6.07, 6.45) is 2.99. The minimum atomic E-state index is -4.55. The number of amides is 1. The Kier molecular flexibility index (Phi) is 11.7. The first kappa shape index (κ1) is 38.6. The fraction of sp³-hybridized carbons (Fsp3) is 0.220. The van der Waals surface area contributed by atoms with E-state index in [0.29, 0.717) is 34.4 Å². The Bertz CT molecular complexity index is 2300. The highest BCUT2D eigenvalue weighted by atomic mass is 35.5. The van der Waals surface area contributed by atoms with Crippen molar-refractivity contribution in [3.05, 3.63) is 131 Å². The molecular weight excluding hydrogens is 769 g/mol. The van der Waals surface area contributed by atoms with E-state index in [1.54, 1.807) is 36.7 Å². The maximum atomic E-state index is 13.7. The summed E-state index contributed by atoms with van der Waals surface area (Å²) in [5, 5.41) is 23.1. The van der Waals surface area contributed by atoms with Crippen LogP contribution >= 0.6 is 35.3 Å². The number of halogens is 4. The number of thioether (sulfide) groups is 1. The SMILES string of the molecule is CC(O)c1ccc(SNC(=O)c2ccc(N3CCC(C(O)c4ccccc4-c4ccc(Cl)cc4)CC3)cc2Oc2cnc3[nH]ccc3c2)cc1SC(F)(F)F. The van der Waals surface area contributed by atoms with Crippen molar-refractivity contribution < 1.29 is 32.9 Å². The van der Waals surface area contributed by atoms with Gasteiger partial charge in [0.05, 0.1) is 24.0 Å². The van der Waals surface area contributed by atoms with Gasteiger partial charge < -0.3 is 24.8 Å². The topological polar surface area (TPSA) is 111 Å². The number of fused-ring (bicyclic) bond motifs is 1. The Morgan fingerprint density at radius 1 is 0.982 bits per heavy atom. The van der Waals surface area contributed by atoms with Crippen molar-refractivity contribution in [1.29, 1.82) is 0 Å². The summed E-state index contributed by atoms with van der Waals surface area (Å²) in [6, 6.07) is 28.7. The predicted molar refractivity (Wildman–Crippen MR) is 212 cm³/mol. The van der Waals surface area contributed by atoms with Gasteiger partial charge in [0.15, 0.2) is 0 Å². The molecule has 1 aliphatic rings. The summed E-state index contributed by atoms with van der Waals surface area (Å²) in [7, 11) is 0. The number of H-pyrrole nitrogens is 1. The maximum absolute atomic E-state index is 13.7. The molecule has 0 radical (unpaired) electrons. The molecule has 3 heterocycles. The Morgan fingerprint density at radius 2 is 1.75 bits per heavy atom. The van der Waals surface area contributed by atoms with Crippen LogP contribution < -0.4 is 14.4 Å². The van der Waals surface area contributed by atoms with Crippen molar-refractivity contribution in [3.63, 3.8) is 0 Å². The van der Waals surface area contributed by atoms with E-state index in [2.05, 4.69) is 19.6 Å². The molecule has 0 spiro atoms. The van der Waals surface area contributed by atoms with Crippen molar-refractivity contribution in [3.8, 4) is 22.6 Å². The van der Waals surface area contributed by atoms with Gasteiger partial charge in [-0.2, -0.15) is 13.2 Å². The number of pyridine rings is 1. The average Bonchev–Trinajstić information content (AvgIpc) is 3.64. The Balaban J connectivity index is 1.09. The van der Waals surface area contributed by atoms with E-state index in [0.717, 1.165) is 52.6 Å². The van der Waals surface area contributed by atoms with Gasteiger partial charge in [0.25, 0.3) is 5.91 Å². The fourth-order valence-electron chi connectivity index (χ4n) is 6.75. The third kappa shape index (κ3) is 9.25. The third-order valence-electron chi connectivity index (χ3n) is 9.52. The van der Waals surface area contributed by atoms with Gasteiger partial charge in [-0.1, -0.05) is 54.1 Å². The van der Waals surface area contributed by atoms with Gasteiger partial charge in [-0.05, 0) is 120 Å². The summed E-state index contributed by atoms with van der Waals surface area (Å²) < 4.78 is 48.9. The van der Waals surface area contributed by atoms with Gasteiger partial charge >= 0.3 is 5.51 Å². The van der Waals surface area contributed by atoms with E-state index in [1.165, 1.54) is 19.1 Å². The monoisotopic (exact) mass is 804 g/mol. The molecule has 6 aromatic rings. The fourth-order valence-corrected chi connectivity index (χ4v) is 8.38. The summed E-state index contributed by atoms with van der Waals surface area (Å²) in [5.74, 6) is 0.179. The van der Waals surface area contributed by atoms with Crippen LogP contribution in [0.4, 0.5) is 18.9 Å². The van der Waals surface area contributed by atoms with Crippen LogP contribution in [-0.4, -0.2) is 44.7 Å². The molecular formula is C41H36ClF3N4O4S2. The molecule has 1 fully saturated rings. The molecule has 4 N–H and O–H groups in total. The number of aliphatic hydroxyl groups excluding tert-OH is 2. The third-order valence-corrected chi connectivity index (χ3v) is 11.4. The normalized spacial score (nSPS) is 14.9. The maximum Gasteiger partial charge on any atom is 0.446 e. The first-order chi connectivity index (χ1) is 26.4. The average molecular weight is 805 g/mol. The summed E-state index contributed by atoms with van der Waals surface area (Å²) in [6.45, 7) is 2.71. The standard InChI is InChI=1S/C41H36ClF3N4O4S2/c1-24(50)32-13-11-31(22-37(32)54-41(43,44)45)55-48-40(52)35-12-10-29(21-36(35)53-30-20-27-14-17-46-39(27)47-23-30)49-18-15-26(16-19-49)38(51)34-5-3-2-4-33(34)25-6-8-28(42)9-7-25/h2-14,17,20-24,26,38,50-51H,15-16,18-19H2,1H3,(H,46,47)(H,48,52). The van der Waals surface area contributed by atoms with Crippen molar-refractivity contribution in [2.24, 2.45) is 5.92 Å². The van der Waals surface area contributed by atoms with Crippen LogP contribution in [0.1, 0.15) is 53.5 Å². The molecule has 7 rings (SSSR count). The highest BCUT2D eigenvalue weighted by molar-refractivity contribution is 8.00. The van der Waals surface area contributed by atoms with E-state index < -0.39 is 23.6 Å². The lowest BCUT2D eigenvalue weighted by Crippen LogP contribution is -2.35. The lowest BCUT2D eigenvalue weighted by Gasteiger charge is -2.36. The highest BCUT2D eigenvalue weighted by Gasteiger charge is 2.32. The smallest absolute Gasteiger partial charge is 0.446 e. The molecule has 2 atom stereocenters. The van der Waals surface area contributed by atoms with E-state index in [-0.39, 0.29) is 39.5 Å². The Morgan fingerprint density at radius 3 is 2.49 bits per heavy atom. The lowest BCUT2D eigenvalue weighted by molar-refractivity contribution is -0.0329. The van der Waals surface area contributed by atoms with Crippen LogP contribution in [0.15, 0.2) is 119 Å². The first-order valence-electron chi connectivity index (χ1n) is 17.5. The second kappa shape index (κ2) is 16.6. The van der Waals surface area contributed by atoms with Crippen LogP contribution in [-0.2, 0) is 0 Å². The number of hydrogen-bond donors (Lipinski definition) is 4. The number of alkyl halides is 3. The molecule has 0 aliphatic carbocycles. The second-order valence-electron chi connectivity index (χ2n) is 13.2. The second-order valence-corrected chi connectivity index (χ2v) is 15.6. The number of piperidine rings is 1. The zero-order valence-corrected chi connectivity index (χ0v) is 31.8. The summed E-state index contributed by atoms with van der Waals surface area (Å²) in [5.41, 5.74) is 0.117. The number of carbonyl (C=O) groups excluding carboxylic acids is 1. The predicted octanol–water partition coefficient (Wildman–Crippen LogP) is 10.7. The van der Waals surface area contributed by atoms with Gasteiger partial charge in [0, 0.05) is 51.2 Å². The number of rotatable bonds is 11. The van der Waals surface area contributed by atoms with E-state index >= 15 is 0 Å². The molecule has 1 amide bonds. The minimum absolute atomic E-state index is 0.0198. The van der Waals surface area contributed by atoms with Gasteiger partial charge in [0.2, 0.25) is 0 Å². The number of aliphatic hydroxyl groups is 2. The summed E-state index contributed by atoms with van der Waals surface area (Å²) >= 11 is 6.67. The van der Waals surface area contributed by atoms with Crippen LogP contribution in [0, 0.1) is 5.92 Å². The van der Waals surface area contributed by atoms with Gasteiger partial charge in [0.1, 0.15) is 17.1 Å². The highest BCUT2D eigenvalue weighted by Crippen LogP contribution is 2.42. The lowest BCUT2D eigenvalue weighted by atomic mass is 9.84. The minimum Gasteiger partial charge on any atom is -0.455 e. The van der Waals surface area contributed by atoms with Crippen molar-refractivity contribution in [2.45, 2.75) is 47.3 Å². The zero-order valence-electron chi connectivity index (χ0n) is 29.4. The summed E-state index contributed by atoms with van der Waals surface area (Å²) in [4.78, 5) is 23.5. The van der Waals surface area contributed by atoms with Gasteiger partial charge in [-0.15, -0.1) is 0 Å². The molecule has 0 bridgehead atoms. The number of nitrogens with one attached hydrogen (secondary N) is 2. The number of aromatic amines is 1. The number of nitrogens with zero attached hydrogens (tertiary/aromatic N) is 2. The van der Waals surface area contributed by atoms with Crippen molar-refractivity contribution in [2.75, 3.05) is 18.0 Å². The van der Waals surface area contributed by atoms with Crippen LogP contribution in [0.3, 0.4) is 0 Å². The molecule has 14 heteroatoms. The van der Waals surface area contributed by atoms with Crippen molar-refractivity contribution in [1.82, 2.24) is 14.7 Å². The van der Waals surface area contributed by atoms with E-state index in [1.807, 2.05) is 60.7 Å².